The second kappa shape index (κ2) is 15.5. The monoisotopic (exact) mass is 892 g/mol. The molecule has 3 aliphatic carbocycles. The highest BCUT2D eigenvalue weighted by Gasteiger charge is 2.79. The summed E-state index contributed by atoms with van der Waals surface area (Å²) in [5, 5.41) is 24.8. The molecule has 1 aliphatic heterocycles. The van der Waals surface area contributed by atoms with Gasteiger partial charge < -0.3 is 43.4 Å². The minimum atomic E-state index is -2.37. The zero-order chi connectivity index (χ0) is 41.1. The molecule has 9 atom stereocenters. The molecule has 0 radical (unpaired) electrons. The lowest BCUT2D eigenvalue weighted by Gasteiger charge is -2.67. The summed E-state index contributed by atoms with van der Waals surface area (Å²) in [4.78, 5) is 69.2. The van der Waals surface area contributed by atoms with Crippen LogP contribution in [0.15, 0.2) is 41.5 Å². The number of ether oxygens (including phenoxy) is 7. The molecule has 55 heavy (non-hydrogen) atoms. The number of fused-ring (bicyclic) bond motifs is 5. The van der Waals surface area contributed by atoms with Crippen LogP contribution in [0.1, 0.15) is 57.8 Å². The number of halogens is 6. The Balaban J connectivity index is 1.80. The number of hydrogen-bond acceptors (Lipinski definition) is 14. The Bertz CT molecular complexity index is 1740. The van der Waals surface area contributed by atoms with E-state index in [1.54, 1.807) is 18.2 Å². The van der Waals surface area contributed by atoms with Crippen LogP contribution in [0.3, 0.4) is 0 Å². The zero-order valence-electron chi connectivity index (χ0n) is 29.9. The molecule has 1 aromatic carbocycles. The van der Waals surface area contributed by atoms with E-state index >= 15 is 4.79 Å². The quantitative estimate of drug-likeness (QED) is 0.137. The summed E-state index contributed by atoms with van der Waals surface area (Å²) >= 11 is 34.7. The van der Waals surface area contributed by atoms with Crippen LogP contribution in [0.25, 0.3) is 0 Å². The van der Waals surface area contributed by atoms with Crippen LogP contribution in [-0.4, -0.2) is 109 Å². The van der Waals surface area contributed by atoms with Crippen LogP contribution < -0.4 is 0 Å². The van der Waals surface area contributed by atoms with Gasteiger partial charge in [-0.15, -0.1) is 0 Å². The molecule has 20 heteroatoms. The first kappa shape index (κ1) is 43.8. The molecule has 1 saturated heterocycles. The van der Waals surface area contributed by atoms with Gasteiger partial charge >= 0.3 is 24.2 Å². The van der Waals surface area contributed by atoms with Gasteiger partial charge in [0.05, 0.1) is 29.6 Å². The molecular formula is C35H38Cl6O14. The minimum absolute atomic E-state index is 0.0436. The van der Waals surface area contributed by atoms with Crippen molar-refractivity contribution in [2.75, 3.05) is 19.8 Å². The lowest BCUT2D eigenvalue weighted by atomic mass is 9.44. The van der Waals surface area contributed by atoms with Gasteiger partial charge in [0.1, 0.15) is 37.1 Å². The van der Waals surface area contributed by atoms with Gasteiger partial charge in [-0.3, -0.25) is 9.59 Å². The van der Waals surface area contributed by atoms with Crippen LogP contribution in [0.5, 0.6) is 0 Å². The molecule has 5 rings (SSSR count). The van der Waals surface area contributed by atoms with E-state index in [0.29, 0.717) is 0 Å². The van der Waals surface area contributed by atoms with Crippen LogP contribution in [0.2, 0.25) is 0 Å². The fourth-order valence-corrected chi connectivity index (χ4v) is 8.78. The summed E-state index contributed by atoms with van der Waals surface area (Å²) in [5.41, 5.74) is -8.11. The predicted octanol–water partition coefficient (Wildman–Crippen LogP) is 6.14. The smallest absolute Gasteiger partial charge is 0.455 e. The van der Waals surface area contributed by atoms with E-state index < -0.39 is 116 Å². The van der Waals surface area contributed by atoms with E-state index in [4.69, 9.17) is 103 Å². The molecule has 1 aromatic rings. The number of carbonyl (C=O) groups is 5. The Morgan fingerprint density at radius 1 is 0.909 bits per heavy atom. The Hall–Kier alpha value is -2.27. The molecule has 2 bridgehead atoms. The van der Waals surface area contributed by atoms with Crippen molar-refractivity contribution in [3.63, 3.8) is 0 Å². The number of hydrogen-bond donors (Lipinski definition) is 2. The summed E-state index contributed by atoms with van der Waals surface area (Å²) in [6, 6.07) is 7.71. The van der Waals surface area contributed by atoms with Crippen molar-refractivity contribution in [3.05, 3.63) is 47.0 Å². The molecule has 304 valence electrons. The van der Waals surface area contributed by atoms with Crippen LogP contribution in [0.4, 0.5) is 9.59 Å². The highest BCUT2D eigenvalue weighted by Crippen LogP contribution is 2.64. The van der Waals surface area contributed by atoms with Crippen molar-refractivity contribution in [2.24, 2.45) is 16.7 Å². The SMILES string of the molecule is CC(=O)O[C@@]12COC1C[C@H](OC(=O)OCC(Cl)(Cl)Cl)[C@@]1(C)C(=O)[C@H](OC(=O)OCC(Cl)(Cl)Cl)C3=C(C)C(O)C[C@@](O)([C@@H](OC(=O)c4ccccc4)C21)C3(C)C. The Kier molecular flexibility index (Phi) is 12.3. The number of aliphatic hydroxyl groups is 2. The zero-order valence-corrected chi connectivity index (χ0v) is 34.5. The average Bonchev–Trinajstić information content (AvgIpc) is 3.07. The van der Waals surface area contributed by atoms with Gasteiger partial charge in [0, 0.05) is 25.2 Å². The van der Waals surface area contributed by atoms with Crippen LogP contribution >= 0.6 is 69.6 Å². The summed E-state index contributed by atoms with van der Waals surface area (Å²) < 4.78 is 35.6. The van der Waals surface area contributed by atoms with Crippen molar-refractivity contribution in [2.45, 2.75) is 96.8 Å². The highest BCUT2D eigenvalue weighted by molar-refractivity contribution is 6.68. The molecule has 2 saturated carbocycles. The van der Waals surface area contributed by atoms with Crippen molar-refractivity contribution in [1.82, 2.24) is 0 Å². The molecule has 4 aliphatic rings. The summed E-state index contributed by atoms with van der Waals surface area (Å²) in [5.74, 6) is -4.48. The maximum atomic E-state index is 15.6. The van der Waals surface area contributed by atoms with E-state index in [-0.39, 0.29) is 29.7 Å². The van der Waals surface area contributed by atoms with E-state index in [9.17, 15) is 29.4 Å². The number of benzene rings is 1. The third-order valence-corrected chi connectivity index (χ3v) is 11.7. The fraction of sp³-hybridized carbons (Fsp3) is 0.629. The van der Waals surface area contributed by atoms with E-state index in [1.807, 2.05) is 0 Å². The van der Waals surface area contributed by atoms with Gasteiger partial charge in [0.15, 0.2) is 17.5 Å². The topological polar surface area (TPSA) is 190 Å². The first-order valence-electron chi connectivity index (χ1n) is 16.8. The third kappa shape index (κ3) is 8.22. The predicted molar refractivity (Wildman–Crippen MR) is 196 cm³/mol. The number of rotatable bonds is 7. The fourth-order valence-electron chi connectivity index (χ4n) is 8.45. The highest BCUT2D eigenvalue weighted by atomic mass is 35.6. The number of alkyl halides is 6. The number of aliphatic hydroxyl groups excluding tert-OH is 1. The summed E-state index contributed by atoms with van der Waals surface area (Å²) in [6.07, 6.45) is -11.9. The minimum Gasteiger partial charge on any atom is -0.455 e. The van der Waals surface area contributed by atoms with Gasteiger partial charge in [0.2, 0.25) is 7.59 Å². The van der Waals surface area contributed by atoms with Gasteiger partial charge in [-0.25, -0.2) is 14.4 Å². The molecule has 0 spiro atoms. The first-order chi connectivity index (χ1) is 25.3. The largest absolute Gasteiger partial charge is 0.509 e. The molecule has 0 amide bonds. The molecule has 14 nitrogen and oxygen atoms in total. The van der Waals surface area contributed by atoms with Crippen molar-refractivity contribution in [3.8, 4) is 0 Å². The van der Waals surface area contributed by atoms with Gasteiger partial charge in [-0.1, -0.05) is 102 Å². The lowest BCUT2D eigenvalue weighted by Crippen LogP contribution is -2.82. The van der Waals surface area contributed by atoms with Crippen molar-refractivity contribution >= 4 is 99.6 Å². The third-order valence-electron chi connectivity index (χ3n) is 11.1. The lowest BCUT2D eigenvalue weighted by molar-refractivity contribution is -0.346. The molecule has 0 aromatic heterocycles. The molecular weight excluding hydrogens is 857 g/mol. The molecule has 2 N–H and O–H groups in total. The normalized spacial score (nSPS) is 34.0. The number of esters is 2. The van der Waals surface area contributed by atoms with Crippen LogP contribution in [0, 0.1) is 16.7 Å². The van der Waals surface area contributed by atoms with Crippen molar-refractivity contribution in [1.29, 1.82) is 0 Å². The van der Waals surface area contributed by atoms with E-state index in [2.05, 4.69) is 0 Å². The first-order valence-corrected chi connectivity index (χ1v) is 19.1. The van der Waals surface area contributed by atoms with Gasteiger partial charge in [0.25, 0.3) is 0 Å². The number of ketones is 1. The molecule has 3 fully saturated rings. The Morgan fingerprint density at radius 3 is 1.98 bits per heavy atom. The molecule has 3 unspecified atom stereocenters. The van der Waals surface area contributed by atoms with Crippen LogP contribution in [-0.2, 0) is 42.7 Å². The van der Waals surface area contributed by atoms with Gasteiger partial charge in [-0.05, 0) is 37.1 Å². The van der Waals surface area contributed by atoms with E-state index in [1.165, 1.54) is 39.8 Å². The van der Waals surface area contributed by atoms with E-state index in [0.717, 1.165) is 6.92 Å². The number of carbonyl (C=O) groups excluding carboxylic acids is 5. The number of Topliss-reactive ketones (excluding diaryl/α,β-unsaturated/α-hetero) is 1. The second-order valence-corrected chi connectivity index (χ2v) is 19.7. The van der Waals surface area contributed by atoms with Gasteiger partial charge in [-0.2, -0.15) is 0 Å². The Morgan fingerprint density at radius 2 is 1.47 bits per heavy atom. The van der Waals surface area contributed by atoms with Crippen molar-refractivity contribution < 1.29 is 67.3 Å². The maximum Gasteiger partial charge on any atom is 0.509 e. The summed E-state index contributed by atoms with van der Waals surface area (Å²) in [6.45, 7) is 4.91. The average molecular weight is 895 g/mol. The summed E-state index contributed by atoms with van der Waals surface area (Å²) in [7, 11) is 0. The second-order valence-electron chi connectivity index (χ2n) is 14.7. The maximum absolute atomic E-state index is 15.6. The standard InChI is InChI=1S/C35H38Cl6O14/c1-16-19(43)12-33(48)26(54-27(45)18-9-7-6-8-10-18)24-31(5,25(44)23(22(16)30(33,3)4)53-29(47)51-15-35(39,40)41)20(52-28(46)50-14-34(36,37)38)11-21-32(24,13-49-21)55-17(2)42/h6-10,19-21,23-24,26,43,48H,11-15H2,1-5H3/t19?,20-,21?,23+,24?,26-,31+,32-,33+/m0/s1. The Labute approximate surface area is 345 Å². The molecule has 1 heterocycles.